The summed E-state index contributed by atoms with van der Waals surface area (Å²) in [4.78, 5) is 11.9. The van der Waals surface area contributed by atoms with Crippen LogP contribution in [0.3, 0.4) is 0 Å². The SMILES string of the molecule is O=c1cc(NC2CC2)cnn1Cc1ccc(F)c(F)c1. The molecule has 1 aliphatic rings. The van der Waals surface area contributed by atoms with E-state index in [1.807, 2.05) is 0 Å². The van der Waals surface area contributed by atoms with Gasteiger partial charge in [-0.15, -0.1) is 0 Å². The molecule has 0 saturated heterocycles. The number of hydrogen-bond acceptors (Lipinski definition) is 3. The third-order valence-corrected chi connectivity index (χ3v) is 3.13. The minimum Gasteiger partial charge on any atom is -0.381 e. The van der Waals surface area contributed by atoms with Gasteiger partial charge in [0.1, 0.15) is 0 Å². The highest BCUT2D eigenvalue weighted by atomic mass is 19.2. The zero-order valence-electron chi connectivity index (χ0n) is 10.6. The molecule has 3 rings (SSSR count). The maximum absolute atomic E-state index is 13.1. The largest absolute Gasteiger partial charge is 0.381 e. The predicted molar refractivity (Wildman–Crippen MR) is 70.6 cm³/mol. The number of anilines is 1. The van der Waals surface area contributed by atoms with Gasteiger partial charge in [0.25, 0.3) is 5.56 Å². The molecule has 4 nitrogen and oxygen atoms in total. The van der Waals surface area contributed by atoms with E-state index < -0.39 is 11.6 Å². The van der Waals surface area contributed by atoms with E-state index in [1.165, 1.54) is 16.8 Å². The summed E-state index contributed by atoms with van der Waals surface area (Å²) in [6.07, 6.45) is 3.79. The molecule has 0 aliphatic heterocycles. The number of halogens is 2. The highest BCUT2D eigenvalue weighted by Gasteiger charge is 2.21. The van der Waals surface area contributed by atoms with Gasteiger partial charge in [-0.1, -0.05) is 6.07 Å². The molecule has 1 fully saturated rings. The zero-order valence-corrected chi connectivity index (χ0v) is 10.6. The second-order valence-corrected chi connectivity index (χ2v) is 4.91. The lowest BCUT2D eigenvalue weighted by atomic mass is 10.2. The van der Waals surface area contributed by atoms with Crippen LogP contribution in [0.15, 0.2) is 35.3 Å². The van der Waals surface area contributed by atoms with Crippen molar-refractivity contribution in [2.45, 2.75) is 25.4 Å². The molecular formula is C14H13F2N3O. The summed E-state index contributed by atoms with van der Waals surface area (Å²) in [5.74, 6) is -1.83. The molecule has 0 radical (unpaired) electrons. The van der Waals surface area contributed by atoms with Gasteiger partial charge in [-0.3, -0.25) is 4.79 Å². The smallest absolute Gasteiger partial charge is 0.269 e. The van der Waals surface area contributed by atoms with Crippen molar-refractivity contribution < 1.29 is 8.78 Å². The zero-order chi connectivity index (χ0) is 14.1. The van der Waals surface area contributed by atoms with Gasteiger partial charge in [0.05, 0.1) is 18.4 Å². The first kappa shape index (κ1) is 12.8. The van der Waals surface area contributed by atoms with Crippen molar-refractivity contribution in [2.75, 3.05) is 5.32 Å². The van der Waals surface area contributed by atoms with Crippen molar-refractivity contribution in [1.29, 1.82) is 0 Å². The van der Waals surface area contributed by atoms with E-state index in [0.29, 0.717) is 17.3 Å². The van der Waals surface area contributed by atoms with E-state index in [9.17, 15) is 13.6 Å². The van der Waals surface area contributed by atoms with Gasteiger partial charge in [0.15, 0.2) is 11.6 Å². The first-order chi connectivity index (χ1) is 9.61. The Morgan fingerprint density at radius 3 is 2.70 bits per heavy atom. The molecule has 0 amide bonds. The average Bonchev–Trinajstić information content (AvgIpc) is 3.21. The normalized spacial score (nSPS) is 14.3. The molecule has 1 N–H and O–H groups in total. The third kappa shape index (κ3) is 2.84. The predicted octanol–water partition coefficient (Wildman–Crippen LogP) is 2.14. The van der Waals surface area contributed by atoms with Crippen LogP contribution < -0.4 is 10.9 Å². The van der Waals surface area contributed by atoms with Crippen LogP contribution in [0, 0.1) is 11.6 Å². The molecular weight excluding hydrogens is 264 g/mol. The Labute approximate surface area is 114 Å². The Morgan fingerprint density at radius 2 is 2.05 bits per heavy atom. The van der Waals surface area contributed by atoms with Crippen LogP contribution >= 0.6 is 0 Å². The van der Waals surface area contributed by atoms with Crippen LogP contribution in [0.5, 0.6) is 0 Å². The lowest BCUT2D eigenvalue weighted by Gasteiger charge is -2.07. The summed E-state index contributed by atoms with van der Waals surface area (Å²) in [6, 6.07) is 5.45. The van der Waals surface area contributed by atoms with Crippen LogP contribution in [0.25, 0.3) is 0 Å². The number of benzene rings is 1. The Morgan fingerprint density at radius 1 is 1.25 bits per heavy atom. The Hall–Kier alpha value is -2.24. The molecule has 1 saturated carbocycles. The molecule has 0 unspecified atom stereocenters. The van der Waals surface area contributed by atoms with E-state index >= 15 is 0 Å². The molecule has 6 heteroatoms. The van der Waals surface area contributed by atoms with E-state index in [4.69, 9.17) is 0 Å². The minimum atomic E-state index is -0.928. The molecule has 1 aromatic carbocycles. The quantitative estimate of drug-likeness (QED) is 0.931. The van der Waals surface area contributed by atoms with Crippen LogP contribution in [0.1, 0.15) is 18.4 Å². The van der Waals surface area contributed by atoms with Crippen molar-refractivity contribution in [1.82, 2.24) is 9.78 Å². The van der Waals surface area contributed by atoms with Crippen LogP contribution in [0.2, 0.25) is 0 Å². The third-order valence-electron chi connectivity index (χ3n) is 3.13. The number of hydrogen-bond donors (Lipinski definition) is 1. The summed E-state index contributed by atoms with van der Waals surface area (Å²) >= 11 is 0. The highest BCUT2D eigenvalue weighted by Crippen LogP contribution is 2.23. The van der Waals surface area contributed by atoms with Gasteiger partial charge >= 0.3 is 0 Å². The van der Waals surface area contributed by atoms with Crippen molar-refractivity contribution in [3.63, 3.8) is 0 Å². The lowest BCUT2D eigenvalue weighted by Crippen LogP contribution is -2.23. The Bertz CT molecular complexity index is 695. The molecule has 0 spiro atoms. The van der Waals surface area contributed by atoms with Gasteiger partial charge < -0.3 is 5.32 Å². The van der Waals surface area contributed by atoms with E-state index in [-0.39, 0.29) is 12.1 Å². The van der Waals surface area contributed by atoms with Gasteiger partial charge in [-0.2, -0.15) is 5.10 Å². The van der Waals surface area contributed by atoms with E-state index in [1.54, 1.807) is 6.20 Å². The first-order valence-corrected chi connectivity index (χ1v) is 6.39. The Balaban J connectivity index is 1.79. The highest BCUT2D eigenvalue weighted by molar-refractivity contribution is 5.41. The van der Waals surface area contributed by atoms with Crippen LogP contribution in [-0.4, -0.2) is 15.8 Å². The van der Waals surface area contributed by atoms with Crippen molar-refractivity contribution in [2.24, 2.45) is 0 Å². The number of nitrogens with zero attached hydrogens (tertiary/aromatic N) is 2. The molecule has 1 aromatic heterocycles. The molecule has 104 valence electrons. The van der Waals surface area contributed by atoms with Gasteiger partial charge in [0.2, 0.25) is 0 Å². The average molecular weight is 277 g/mol. The maximum Gasteiger partial charge on any atom is 0.269 e. The van der Waals surface area contributed by atoms with Crippen molar-refractivity contribution in [3.8, 4) is 0 Å². The molecule has 0 atom stereocenters. The summed E-state index contributed by atoms with van der Waals surface area (Å²) in [7, 11) is 0. The molecule has 0 bridgehead atoms. The fourth-order valence-corrected chi connectivity index (χ4v) is 1.91. The topological polar surface area (TPSA) is 46.9 Å². The van der Waals surface area contributed by atoms with E-state index in [2.05, 4.69) is 10.4 Å². The molecule has 20 heavy (non-hydrogen) atoms. The fraction of sp³-hybridized carbons (Fsp3) is 0.286. The molecule has 1 aliphatic carbocycles. The molecule has 1 heterocycles. The standard InChI is InChI=1S/C14H13F2N3O/c15-12-4-1-9(5-13(12)16)8-19-14(20)6-11(7-17-19)18-10-2-3-10/h1,4-7,10,18H,2-3,8H2. The van der Waals surface area contributed by atoms with Gasteiger partial charge in [-0.05, 0) is 30.5 Å². The maximum atomic E-state index is 13.1. The van der Waals surface area contributed by atoms with E-state index in [0.717, 1.165) is 25.0 Å². The second kappa shape index (κ2) is 5.03. The number of aromatic nitrogens is 2. The fourth-order valence-electron chi connectivity index (χ4n) is 1.91. The molecule has 2 aromatic rings. The summed E-state index contributed by atoms with van der Waals surface area (Å²) in [5, 5.41) is 7.21. The lowest BCUT2D eigenvalue weighted by molar-refractivity contribution is 0.505. The summed E-state index contributed by atoms with van der Waals surface area (Å²) in [5.41, 5.74) is 0.904. The monoisotopic (exact) mass is 277 g/mol. The van der Waals surface area contributed by atoms with Crippen LogP contribution in [-0.2, 0) is 6.54 Å². The number of nitrogens with one attached hydrogen (secondary N) is 1. The first-order valence-electron chi connectivity index (χ1n) is 6.39. The van der Waals surface area contributed by atoms with Crippen molar-refractivity contribution in [3.05, 3.63) is 58.0 Å². The second-order valence-electron chi connectivity index (χ2n) is 4.91. The Kier molecular flexibility index (Phi) is 3.22. The number of rotatable bonds is 4. The summed E-state index contributed by atoms with van der Waals surface area (Å²) in [6.45, 7) is 0.111. The summed E-state index contributed by atoms with van der Waals surface area (Å²) < 4.78 is 27.1. The van der Waals surface area contributed by atoms with Gasteiger partial charge in [0, 0.05) is 12.1 Å². The van der Waals surface area contributed by atoms with Crippen LogP contribution in [0.4, 0.5) is 14.5 Å². The van der Waals surface area contributed by atoms with Crippen molar-refractivity contribution >= 4 is 5.69 Å². The van der Waals surface area contributed by atoms with Gasteiger partial charge in [-0.25, -0.2) is 13.5 Å². The minimum absolute atomic E-state index is 0.111.